The number of guanidine groups is 1. The quantitative estimate of drug-likeness (QED) is 0.391. The lowest BCUT2D eigenvalue weighted by atomic mass is 10.1. The number of aryl methyl sites for hydroxylation is 2. The van der Waals surface area contributed by atoms with Crippen LogP contribution in [0, 0.1) is 0 Å². The van der Waals surface area contributed by atoms with E-state index in [9.17, 15) is 0 Å². The Balaban J connectivity index is 0.00000288. The fraction of sp³-hybridized carbons (Fsp3) is 0.412. The van der Waals surface area contributed by atoms with Crippen molar-refractivity contribution in [3.8, 4) is 5.75 Å². The van der Waals surface area contributed by atoms with E-state index in [0.29, 0.717) is 12.5 Å². The van der Waals surface area contributed by atoms with Gasteiger partial charge in [-0.25, -0.2) is 4.99 Å². The van der Waals surface area contributed by atoms with Gasteiger partial charge in [0.05, 0.1) is 19.3 Å². The number of ether oxygens (including phenoxy) is 1. The van der Waals surface area contributed by atoms with Crippen molar-refractivity contribution in [2.75, 3.05) is 13.7 Å². The van der Waals surface area contributed by atoms with Crippen LogP contribution in [0.25, 0.3) is 0 Å². The molecule has 1 aromatic carbocycles. The van der Waals surface area contributed by atoms with Crippen molar-refractivity contribution >= 4 is 29.9 Å². The number of hydrogen-bond acceptors (Lipinski definition) is 3. The summed E-state index contributed by atoms with van der Waals surface area (Å²) in [6.45, 7) is 3.39. The van der Waals surface area contributed by atoms with Crippen LogP contribution in [0.4, 0.5) is 0 Å². The molecule has 0 saturated carbocycles. The molecule has 24 heavy (non-hydrogen) atoms. The number of aliphatic imine (C=N–C) groups is 1. The van der Waals surface area contributed by atoms with Crippen LogP contribution in [0.5, 0.6) is 5.75 Å². The Bertz CT molecular complexity index is 652. The van der Waals surface area contributed by atoms with E-state index in [2.05, 4.69) is 34.5 Å². The standard InChI is InChI=1S/C17H25N5O.HI/c1-4-16-14(12-22(2)21-16)11-20-17(18)19-10-9-13-5-7-15(23-3)8-6-13;/h5-8,12H,4,9-11H2,1-3H3,(H3,18,19,20);1H. The average Bonchev–Trinajstić information content (AvgIpc) is 2.93. The van der Waals surface area contributed by atoms with Crippen LogP contribution in [0.3, 0.4) is 0 Å². The summed E-state index contributed by atoms with van der Waals surface area (Å²) in [6.07, 6.45) is 3.77. The van der Waals surface area contributed by atoms with E-state index in [1.165, 1.54) is 5.56 Å². The summed E-state index contributed by atoms with van der Waals surface area (Å²) in [5.74, 6) is 1.33. The highest BCUT2D eigenvalue weighted by Crippen LogP contribution is 2.11. The van der Waals surface area contributed by atoms with E-state index in [0.717, 1.165) is 36.4 Å². The number of aromatic nitrogens is 2. The van der Waals surface area contributed by atoms with Gasteiger partial charge >= 0.3 is 0 Å². The van der Waals surface area contributed by atoms with Crippen molar-refractivity contribution in [2.24, 2.45) is 17.8 Å². The first kappa shape index (κ1) is 20.3. The number of rotatable bonds is 7. The lowest BCUT2D eigenvalue weighted by Gasteiger charge is -2.06. The molecule has 0 aliphatic heterocycles. The lowest BCUT2D eigenvalue weighted by molar-refractivity contribution is 0.414. The zero-order valence-electron chi connectivity index (χ0n) is 14.5. The molecule has 0 fully saturated rings. The minimum Gasteiger partial charge on any atom is -0.497 e. The smallest absolute Gasteiger partial charge is 0.188 e. The third kappa shape index (κ3) is 6.03. The third-order valence-electron chi connectivity index (χ3n) is 3.63. The van der Waals surface area contributed by atoms with E-state index in [-0.39, 0.29) is 24.0 Å². The molecule has 6 nitrogen and oxygen atoms in total. The van der Waals surface area contributed by atoms with Crippen LogP contribution >= 0.6 is 24.0 Å². The first-order valence-electron chi connectivity index (χ1n) is 7.80. The summed E-state index contributed by atoms with van der Waals surface area (Å²) >= 11 is 0. The first-order valence-corrected chi connectivity index (χ1v) is 7.80. The SMILES string of the molecule is CCc1nn(C)cc1CN=C(N)NCCc1ccc(OC)cc1.I. The molecular weight excluding hydrogens is 417 g/mol. The molecule has 0 spiro atoms. The molecule has 1 aromatic heterocycles. The Kier molecular flexibility index (Phi) is 8.59. The molecule has 2 aromatic rings. The molecule has 2 rings (SSSR count). The molecule has 0 bridgehead atoms. The second-order valence-electron chi connectivity index (χ2n) is 5.35. The van der Waals surface area contributed by atoms with Crippen molar-refractivity contribution in [1.82, 2.24) is 15.1 Å². The molecule has 0 aliphatic rings. The summed E-state index contributed by atoms with van der Waals surface area (Å²) in [7, 11) is 3.59. The van der Waals surface area contributed by atoms with E-state index in [1.807, 2.05) is 30.1 Å². The van der Waals surface area contributed by atoms with Crippen LogP contribution in [-0.2, 0) is 26.4 Å². The maximum Gasteiger partial charge on any atom is 0.188 e. The summed E-state index contributed by atoms with van der Waals surface area (Å²) in [5, 5.41) is 7.54. The van der Waals surface area contributed by atoms with Gasteiger partial charge in [-0.05, 0) is 30.5 Å². The third-order valence-corrected chi connectivity index (χ3v) is 3.63. The van der Waals surface area contributed by atoms with Gasteiger partial charge in [0.1, 0.15) is 5.75 Å². The first-order chi connectivity index (χ1) is 11.1. The van der Waals surface area contributed by atoms with Crippen LogP contribution in [0.1, 0.15) is 23.7 Å². The fourth-order valence-electron chi connectivity index (χ4n) is 2.37. The molecule has 3 N–H and O–H groups in total. The molecule has 0 atom stereocenters. The summed E-state index contributed by atoms with van der Waals surface area (Å²) in [5.41, 5.74) is 9.34. The van der Waals surface area contributed by atoms with Crippen molar-refractivity contribution in [2.45, 2.75) is 26.3 Å². The zero-order valence-corrected chi connectivity index (χ0v) is 16.8. The molecular formula is C17H26IN5O. The van der Waals surface area contributed by atoms with Gasteiger partial charge in [0, 0.05) is 25.4 Å². The highest BCUT2D eigenvalue weighted by atomic mass is 127. The maximum atomic E-state index is 5.92. The molecule has 1 heterocycles. The zero-order chi connectivity index (χ0) is 16.7. The Hall–Kier alpha value is -1.77. The van der Waals surface area contributed by atoms with Gasteiger partial charge in [-0.1, -0.05) is 19.1 Å². The number of nitrogens with two attached hydrogens (primary N) is 1. The monoisotopic (exact) mass is 443 g/mol. The average molecular weight is 443 g/mol. The molecule has 0 unspecified atom stereocenters. The molecule has 0 aliphatic carbocycles. The molecule has 0 amide bonds. The molecule has 132 valence electrons. The van der Waals surface area contributed by atoms with Gasteiger partial charge in [-0.3, -0.25) is 4.68 Å². The minimum absolute atomic E-state index is 0. The Morgan fingerprint density at radius 2 is 2.04 bits per heavy atom. The van der Waals surface area contributed by atoms with E-state index in [4.69, 9.17) is 10.5 Å². The predicted octanol–water partition coefficient (Wildman–Crippen LogP) is 2.26. The van der Waals surface area contributed by atoms with Crippen molar-refractivity contribution in [3.63, 3.8) is 0 Å². The van der Waals surface area contributed by atoms with Gasteiger partial charge in [0.2, 0.25) is 0 Å². The predicted molar refractivity (Wildman–Crippen MR) is 108 cm³/mol. The highest BCUT2D eigenvalue weighted by Gasteiger charge is 2.05. The van der Waals surface area contributed by atoms with E-state index < -0.39 is 0 Å². The maximum absolute atomic E-state index is 5.92. The summed E-state index contributed by atoms with van der Waals surface area (Å²) < 4.78 is 6.96. The van der Waals surface area contributed by atoms with Crippen molar-refractivity contribution < 1.29 is 4.74 Å². The topological polar surface area (TPSA) is 77.5 Å². The highest BCUT2D eigenvalue weighted by molar-refractivity contribution is 14.0. The number of nitrogens with zero attached hydrogens (tertiary/aromatic N) is 3. The Labute approximate surface area is 160 Å². The molecule has 7 heteroatoms. The summed E-state index contributed by atoms with van der Waals surface area (Å²) in [6, 6.07) is 8.02. The normalized spacial score (nSPS) is 11.0. The van der Waals surface area contributed by atoms with Crippen LogP contribution in [0.15, 0.2) is 35.5 Å². The summed E-state index contributed by atoms with van der Waals surface area (Å²) in [4.78, 5) is 4.38. The van der Waals surface area contributed by atoms with Crippen molar-refractivity contribution in [3.05, 3.63) is 47.3 Å². The lowest BCUT2D eigenvalue weighted by Crippen LogP contribution is -2.33. The fourth-order valence-corrected chi connectivity index (χ4v) is 2.37. The molecule has 0 radical (unpaired) electrons. The van der Waals surface area contributed by atoms with Gasteiger partial charge in [-0.2, -0.15) is 5.10 Å². The number of nitrogens with one attached hydrogen (secondary N) is 1. The van der Waals surface area contributed by atoms with Crippen LogP contribution in [-0.4, -0.2) is 29.4 Å². The second kappa shape index (κ2) is 10.2. The van der Waals surface area contributed by atoms with Gasteiger partial charge in [0.15, 0.2) is 5.96 Å². The van der Waals surface area contributed by atoms with Gasteiger partial charge < -0.3 is 15.8 Å². The Morgan fingerprint density at radius 1 is 1.33 bits per heavy atom. The van der Waals surface area contributed by atoms with Crippen molar-refractivity contribution in [1.29, 1.82) is 0 Å². The van der Waals surface area contributed by atoms with Crippen LogP contribution < -0.4 is 15.8 Å². The number of methoxy groups -OCH3 is 1. The number of halogens is 1. The van der Waals surface area contributed by atoms with E-state index >= 15 is 0 Å². The van der Waals surface area contributed by atoms with Gasteiger partial charge in [-0.15, -0.1) is 24.0 Å². The Morgan fingerprint density at radius 3 is 2.67 bits per heavy atom. The largest absolute Gasteiger partial charge is 0.497 e. The minimum atomic E-state index is 0. The molecule has 0 saturated heterocycles. The van der Waals surface area contributed by atoms with Gasteiger partial charge in [0.25, 0.3) is 0 Å². The van der Waals surface area contributed by atoms with E-state index in [1.54, 1.807) is 7.11 Å². The number of hydrogen-bond donors (Lipinski definition) is 2. The van der Waals surface area contributed by atoms with Crippen LogP contribution in [0.2, 0.25) is 0 Å². The number of benzene rings is 1. The second-order valence-corrected chi connectivity index (χ2v) is 5.35.